The molecule has 74 valence electrons. The summed E-state index contributed by atoms with van der Waals surface area (Å²) in [4.78, 5) is 0. The highest BCUT2D eigenvalue weighted by molar-refractivity contribution is 4.97. The zero-order valence-corrected chi connectivity index (χ0v) is 8.71. The molecule has 0 bridgehead atoms. The highest BCUT2D eigenvalue weighted by atomic mass is 16.3. The van der Waals surface area contributed by atoms with Crippen molar-refractivity contribution in [3.05, 3.63) is 24.2 Å². The van der Waals surface area contributed by atoms with Gasteiger partial charge in [0.15, 0.2) is 0 Å². The van der Waals surface area contributed by atoms with E-state index in [0.29, 0.717) is 6.04 Å². The van der Waals surface area contributed by atoms with E-state index in [0.717, 1.165) is 18.2 Å². The fraction of sp³-hybridized carbons (Fsp3) is 0.636. The molecule has 0 spiro atoms. The highest BCUT2D eigenvalue weighted by Crippen LogP contribution is 2.05. The topological polar surface area (TPSA) is 25.2 Å². The molecular formula is C11H19NO. The first kappa shape index (κ1) is 10.3. The van der Waals surface area contributed by atoms with E-state index < -0.39 is 0 Å². The van der Waals surface area contributed by atoms with Crippen molar-refractivity contribution in [3.63, 3.8) is 0 Å². The van der Waals surface area contributed by atoms with Crippen LogP contribution in [0, 0.1) is 5.92 Å². The molecule has 0 aromatic carbocycles. The van der Waals surface area contributed by atoms with Gasteiger partial charge in [-0.3, -0.25) is 0 Å². The standard InChI is InChI=1S/C11H19NO/c1-9(2)7-10(3)12-8-11-5-4-6-13-11/h4-6,9-10,12H,7-8H2,1-3H3/t10-/m0/s1. The van der Waals surface area contributed by atoms with Crippen molar-refractivity contribution in [2.45, 2.75) is 39.8 Å². The van der Waals surface area contributed by atoms with Crippen molar-refractivity contribution in [1.29, 1.82) is 0 Å². The summed E-state index contributed by atoms with van der Waals surface area (Å²) < 4.78 is 5.23. The second-order valence-corrected chi connectivity index (χ2v) is 3.99. The Morgan fingerprint density at radius 2 is 2.15 bits per heavy atom. The Bertz CT molecular complexity index is 216. The third-order valence-corrected chi connectivity index (χ3v) is 2.03. The molecular weight excluding hydrogens is 162 g/mol. The van der Waals surface area contributed by atoms with Crippen LogP contribution in [0.3, 0.4) is 0 Å². The Kier molecular flexibility index (Phi) is 4.03. The number of furan rings is 1. The monoisotopic (exact) mass is 181 g/mol. The number of rotatable bonds is 5. The minimum Gasteiger partial charge on any atom is -0.468 e. The molecule has 1 rings (SSSR count). The lowest BCUT2D eigenvalue weighted by molar-refractivity contribution is 0.410. The van der Waals surface area contributed by atoms with Crippen LogP contribution in [0.5, 0.6) is 0 Å². The molecule has 0 radical (unpaired) electrons. The van der Waals surface area contributed by atoms with Crippen molar-refractivity contribution < 1.29 is 4.42 Å². The Labute approximate surface area is 80.3 Å². The molecule has 0 aliphatic heterocycles. The van der Waals surface area contributed by atoms with Crippen molar-refractivity contribution in [1.82, 2.24) is 5.32 Å². The SMILES string of the molecule is CC(C)C[C@H](C)NCc1ccco1. The Hall–Kier alpha value is -0.760. The molecule has 0 saturated carbocycles. The van der Waals surface area contributed by atoms with Crippen molar-refractivity contribution in [2.75, 3.05) is 0 Å². The Morgan fingerprint density at radius 1 is 1.38 bits per heavy atom. The van der Waals surface area contributed by atoms with Gasteiger partial charge in [0.05, 0.1) is 12.8 Å². The summed E-state index contributed by atoms with van der Waals surface area (Å²) in [5, 5.41) is 3.42. The van der Waals surface area contributed by atoms with Crippen LogP contribution in [0.15, 0.2) is 22.8 Å². The zero-order chi connectivity index (χ0) is 9.68. The largest absolute Gasteiger partial charge is 0.468 e. The summed E-state index contributed by atoms with van der Waals surface area (Å²) >= 11 is 0. The van der Waals surface area contributed by atoms with E-state index in [-0.39, 0.29) is 0 Å². The lowest BCUT2D eigenvalue weighted by atomic mass is 10.1. The summed E-state index contributed by atoms with van der Waals surface area (Å²) in [5.41, 5.74) is 0. The van der Waals surface area contributed by atoms with Gasteiger partial charge >= 0.3 is 0 Å². The van der Waals surface area contributed by atoms with Gasteiger partial charge in [-0.25, -0.2) is 0 Å². The van der Waals surface area contributed by atoms with E-state index in [2.05, 4.69) is 26.1 Å². The molecule has 2 nitrogen and oxygen atoms in total. The second-order valence-electron chi connectivity index (χ2n) is 3.99. The average molecular weight is 181 g/mol. The van der Waals surface area contributed by atoms with Gasteiger partial charge in [0.1, 0.15) is 5.76 Å². The molecule has 1 heterocycles. The van der Waals surface area contributed by atoms with Crippen LogP contribution in [0.25, 0.3) is 0 Å². The average Bonchev–Trinajstić information content (AvgIpc) is 2.51. The number of hydrogen-bond acceptors (Lipinski definition) is 2. The molecule has 1 N–H and O–H groups in total. The predicted molar refractivity (Wildman–Crippen MR) is 54.5 cm³/mol. The molecule has 0 saturated heterocycles. The summed E-state index contributed by atoms with van der Waals surface area (Å²) in [6.45, 7) is 7.53. The molecule has 0 fully saturated rings. The van der Waals surface area contributed by atoms with Crippen LogP contribution in [0.4, 0.5) is 0 Å². The van der Waals surface area contributed by atoms with Gasteiger partial charge < -0.3 is 9.73 Å². The first-order valence-corrected chi connectivity index (χ1v) is 4.94. The van der Waals surface area contributed by atoms with E-state index in [1.54, 1.807) is 6.26 Å². The lowest BCUT2D eigenvalue weighted by Gasteiger charge is -2.14. The van der Waals surface area contributed by atoms with Crippen LogP contribution in [-0.2, 0) is 6.54 Å². The summed E-state index contributed by atoms with van der Waals surface area (Å²) in [7, 11) is 0. The van der Waals surface area contributed by atoms with Gasteiger partial charge in [-0.1, -0.05) is 13.8 Å². The van der Waals surface area contributed by atoms with Crippen LogP contribution in [0.1, 0.15) is 33.0 Å². The summed E-state index contributed by atoms with van der Waals surface area (Å²) in [5.74, 6) is 1.76. The maximum Gasteiger partial charge on any atom is 0.117 e. The minimum atomic E-state index is 0.560. The molecule has 1 aromatic heterocycles. The van der Waals surface area contributed by atoms with Crippen LogP contribution in [-0.4, -0.2) is 6.04 Å². The first-order valence-electron chi connectivity index (χ1n) is 4.94. The van der Waals surface area contributed by atoms with Gasteiger partial charge in [-0.2, -0.15) is 0 Å². The van der Waals surface area contributed by atoms with E-state index in [1.165, 1.54) is 6.42 Å². The third kappa shape index (κ3) is 4.13. The van der Waals surface area contributed by atoms with Crippen molar-refractivity contribution >= 4 is 0 Å². The van der Waals surface area contributed by atoms with Crippen LogP contribution in [0.2, 0.25) is 0 Å². The van der Waals surface area contributed by atoms with Crippen molar-refractivity contribution in [3.8, 4) is 0 Å². The van der Waals surface area contributed by atoms with Gasteiger partial charge in [0.2, 0.25) is 0 Å². The lowest BCUT2D eigenvalue weighted by Crippen LogP contribution is -2.26. The Balaban J connectivity index is 2.19. The maximum atomic E-state index is 5.23. The van der Waals surface area contributed by atoms with E-state index in [4.69, 9.17) is 4.42 Å². The van der Waals surface area contributed by atoms with E-state index in [1.807, 2.05) is 12.1 Å². The molecule has 0 unspecified atom stereocenters. The second kappa shape index (κ2) is 5.07. The van der Waals surface area contributed by atoms with Crippen LogP contribution < -0.4 is 5.32 Å². The fourth-order valence-corrected chi connectivity index (χ4v) is 1.48. The summed E-state index contributed by atoms with van der Waals surface area (Å²) in [6.07, 6.45) is 2.92. The molecule has 13 heavy (non-hydrogen) atoms. The predicted octanol–water partition coefficient (Wildman–Crippen LogP) is 2.80. The molecule has 0 amide bonds. The van der Waals surface area contributed by atoms with Crippen LogP contribution >= 0.6 is 0 Å². The number of hydrogen-bond donors (Lipinski definition) is 1. The van der Waals surface area contributed by atoms with Gasteiger partial charge in [0, 0.05) is 6.04 Å². The molecule has 1 aromatic rings. The summed E-state index contributed by atoms with van der Waals surface area (Å²) in [6, 6.07) is 4.48. The fourth-order valence-electron chi connectivity index (χ4n) is 1.48. The van der Waals surface area contributed by atoms with Gasteiger partial charge in [-0.15, -0.1) is 0 Å². The van der Waals surface area contributed by atoms with Crippen molar-refractivity contribution in [2.24, 2.45) is 5.92 Å². The normalized spacial score (nSPS) is 13.5. The molecule has 2 heteroatoms. The van der Waals surface area contributed by atoms with E-state index >= 15 is 0 Å². The maximum absolute atomic E-state index is 5.23. The van der Waals surface area contributed by atoms with Gasteiger partial charge in [-0.05, 0) is 31.4 Å². The van der Waals surface area contributed by atoms with E-state index in [9.17, 15) is 0 Å². The third-order valence-electron chi connectivity index (χ3n) is 2.03. The number of nitrogens with one attached hydrogen (secondary N) is 1. The molecule has 0 aliphatic carbocycles. The molecule has 1 atom stereocenters. The quantitative estimate of drug-likeness (QED) is 0.755. The first-order chi connectivity index (χ1) is 6.18. The zero-order valence-electron chi connectivity index (χ0n) is 8.71. The van der Waals surface area contributed by atoms with Gasteiger partial charge in [0.25, 0.3) is 0 Å². The minimum absolute atomic E-state index is 0.560. The highest BCUT2D eigenvalue weighted by Gasteiger charge is 2.04. The molecule has 0 aliphatic rings. The Morgan fingerprint density at radius 3 is 2.69 bits per heavy atom. The smallest absolute Gasteiger partial charge is 0.117 e.